The van der Waals surface area contributed by atoms with Gasteiger partial charge in [-0.1, -0.05) is 102 Å². The van der Waals surface area contributed by atoms with Gasteiger partial charge in [0, 0.05) is 23.7 Å². The summed E-state index contributed by atoms with van der Waals surface area (Å²) in [6, 6.07) is 33.1. The summed E-state index contributed by atoms with van der Waals surface area (Å²) in [5.41, 5.74) is 3.18. The zero-order valence-electron chi connectivity index (χ0n) is 24.1. The Morgan fingerprint density at radius 2 is 1.53 bits per heavy atom. The van der Waals surface area contributed by atoms with Gasteiger partial charge in [-0.2, -0.15) is 4.31 Å². The van der Waals surface area contributed by atoms with E-state index in [9.17, 15) is 13.2 Å². The van der Waals surface area contributed by atoms with Crippen molar-refractivity contribution in [3.63, 3.8) is 0 Å². The number of carbonyl (C=O) groups excluding carboxylic acids is 1. The normalized spacial score (nSPS) is 14.0. The maximum Gasteiger partial charge on any atom is 0.243 e. The fourth-order valence-electron chi connectivity index (χ4n) is 5.11. The van der Waals surface area contributed by atoms with Crippen LogP contribution in [0.3, 0.4) is 0 Å². The summed E-state index contributed by atoms with van der Waals surface area (Å²) in [7, 11) is -3.73. The number of rotatable bonds is 10. The van der Waals surface area contributed by atoms with Crippen LogP contribution in [0, 0.1) is 0 Å². The number of thioether (sulfide) groups is 1. The van der Waals surface area contributed by atoms with Crippen molar-refractivity contribution >= 4 is 39.3 Å². The number of halogens is 1. The predicted octanol–water partition coefficient (Wildman–Crippen LogP) is 5.61. The van der Waals surface area contributed by atoms with Gasteiger partial charge in [-0.05, 0) is 41.5 Å². The second-order valence-corrected chi connectivity index (χ2v) is 13.6. The number of amides is 1. The van der Waals surface area contributed by atoms with Crippen LogP contribution in [0.1, 0.15) is 17.2 Å². The molecule has 6 rings (SSSR count). The van der Waals surface area contributed by atoms with Crippen LogP contribution in [-0.4, -0.2) is 65.5 Å². The number of aromatic nitrogens is 3. The standard InChI is InChI=1S/C33H30ClN5O4S2/c34-27-14-8-15-28(22-27)39-32(26-13-7-16-29(21-26)45(41,42)38-17-19-43-20-18-38)36-37-33(39)44-23-30(40)35-31(24-9-3-1-4-10-24)25-11-5-2-6-12-25/h1-16,21-22,31H,17-20,23H2,(H,35,40). The molecule has 0 atom stereocenters. The SMILES string of the molecule is O=C(CSc1nnc(-c2cccc(S(=O)(=O)N3CCOCC3)c2)n1-c1cccc(Cl)c1)NC(c1ccccc1)c1ccccc1. The Balaban J connectivity index is 1.29. The molecule has 12 heteroatoms. The lowest BCUT2D eigenvalue weighted by atomic mass is 9.99. The molecule has 5 aromatic rings. The molecule has 9 nitrogen and oxygen atoms in total. The van der Waals surface area contributed by atoms with Crippen LogP contribution in [0.15, 0.2) is 119 Å². The van der Waals surface area contributed by atoms with Crippen molar-refractivity contribution in [2.24, 2.45) is 0 Å². The summed E-state index contributed by atoms with van der Waals surface area (Å²) < 4.78 is 35.4. The Hall–Kier alpha value is -4.00. The first-order valence-electron chi connectivity index (χ1n) is 14.3. The number of sulfonamides is 1. The molecule has 0 bridgehead atoms. The van der Waals surface area contributed by atoms with Crippen LogP contribution in [-0.2, 0) is 19.6 Å². The number of ether oxygens (including phenoxy) is 1. The van der Waals surface area contributed by atoms with Gasteiger partial charge in [-0.25, -0.2) is 8.42 Å². The van der Waals surface area contributed by atoms with Gasteiger partial charge in [0.1, 0.15) is 0 Å². The number of hydrogen-bond donors (Lipinski definition) is 1. The average Bonchev–Trinajstić information content (AvgIpc) is 3.52. The van der Waals surface area contributed by atoms with Crippen LogP contribution in [0.4, 0.5) is 0 Å². The molecule has 1 amide bonds. The summed E-state index contributed by atoms with van der Waals surface area (Å²) in [6.07, 6.45) is 0. The van der Waals surface area contributed by atoms with E-state index in [4.69, 9.17) is 16.3 Å². The van der Waals surface area contributed by atoms with Crippen LogP contribution in [0.5, 0.6) is 0 Å². The lowest BCUT2D eigenvalue weighted by Gasteiger charge is -2.26. The van der Waals surface area contributed by atoms with Crippen molar-refractivity contribution in [2.75, 3.05) is 32.1 Å². The summed E-state index contributed by atoms with van der Waals surface area (Å²) in [6.45, 7) is 1.30. The lowest BCUT2D eigenvalue weighted by Crippen LogP contribution is -2.40. The highest BCUT2D eigenvalue weighted by atomic mass is 35.5. The van der Waals surface area contributed by atoms with E-state index < -0.39 is 10.0 Å². The first-order valence-corrected chi connectivity index (χ1v) is 17.1. The van der Waals surface area contributed by atoms with E-state index in [1.54, 1.807) is 41.0 Å². The second kappa shape index (κ2) is 14.0. The van der Waals surface area contributed by atoms with Crippen LogP contribution >= 0.6 is 23.4 Å². The Kier molecular flexibility index (Phi) is 9.62. The van der Waals surface area contributed by atoms with Crippen molar-refractivity contribution in [2.45, 2.75) is 16.1 Å². The van der Waals surface area contributed by atoms with Gasteiger partial charge in [-0.3, -0.25) is 9.36 Å². The number of morpholine rings is 1. The fourth-order valence-corrected chi connectivity index (χ4v) is 7.51. The minimum atomic E-state index is -3.73. The summed E-state index contributed by atoms with van der Waals surface area (Å²) in [5, 5.41) is 13.0. The third-order valence-electron chi connectivity index (χ3n) is 7.30. The predicted molar refractivity (Wildman–Crippen MR) is 175 cm³/mol. The zero-order chi connectivity index (χ0) is 31.2. The summed E-state index contributed by atoms with van der Waals surface area (Å²) in [4.78, 5) is 13.5. The first-order chi connectivity index (χ1) is 21.9. The van der Waals surface area contributed by atoms with Crippen molar-refractivity contribution in [3.8, 4) is 17.1 Å². The average molecular weight is 660 g/mol. The van der Waals surface area contributed by atoms with Gasteiger partial charge in [-0.15, -0.1) is 10.2 Å². The molecule has 2 heterocycles. The first kappa shape index (κ1) is 31.0. The molecular weight excluding hydrogens is 630 g/mol. The highest BCUT2D eigenvalue weighted by molar-refractivity contribution is 7.99. The maximum absolute atomic E-state index is 13.4. The third-order valence-corrected chi connectivity index (χ3v) is 10.4. The Morgan fingerprint density at radius 3 is 2.20 bits per heavy atom. The molecule has 4 aromatic carbocycles. The molecule has 1 aliphatic rings. The van der Waals surface area contributed by atoms with E-state index >= 15 is 0 Å². The van der Waals surface area contributed by atoms with Gasteiger partial charge >= 0.3 is 0 Å². The van der Waals surface area contributed by atoms with Gasteiger partial charge < -0.3 is 10.1 Å². The lowest BCUT2D eigenvalue weighted by molar-refractivity contribution is -0.119. The molecule has 1 fully saturated rings. The molecule has 0 unspecified atom stereocenters. The molecule has 0 radical (unpaired) electrons. The fraction of sp³-hybridized carbons (Fsp3) is 0.182. The highest BCUT2D eigenvalue weighted by Crippen LogP contribution is 2.31. The molecule has 1 aliphatic heterocycles. The molecule has 1 aromatic heterocycles. The largest absolute Gasteiger partial charge is 0.379 e. The van der Waals surface area contributed by atoms with Crippen LogP contribution < -0.4 is 5.32 Å². The van der Waals surface area contributed by atoms with Crippen molar-refractivity contribution in [1.82, 2.24) is 24.4 Å². The summed E-state index contributed by atoms with van der Waals surface area (Å²) in [5.74, 6) is 0.310. The molecule has 0 spiro atoms. The van der Waals surface area contributed by atoms with Crippen molar-refractivity contribution in [1.29, 1.82) is 0 Å². The zero-order valence-corrected chi connectivity index (χ0v) is 26.5. The van der Waals surface area contributed by atoms with Crippen LogP contribution in [0.2, 0.25) is 5.02 Å². The maximum atomic E-state index is 13.4. The number of nitrogens with zero attached hydrogens (tertiary/aromatic N) is 4. The number of benzene rings is 4. The quantitative estimate of drug-likeness (QED) is 0.194. The third kappa shape index (κ3) is 7.13. The number of nitrogens with one attached hydrogen (secondary N) is 1. The summed E-state index contributed by atoms with van der Waals surface area (Å²) >= 11 is 7.59. The minimum Gasteiger partial charge on any atom is -0.379 e. The van der Waals surface area contributed by atoms with E-state index in [2.05, 4.69) is 15.5 Å². The monoisotopic (exact) mass is 659 g/mol. The topological polar surface area (TPSA) is 106 Å². The Morgan fingerprint density at radius 1 is 0.867 bits per heavy atom. The second-order valence-electron chi connectivity index (χ2n) is 10.3. The number of hydrogen-bond acceptors (Lipinski definition) is 7. The molecular formula is C33H30ClN5O4S2. The van der Waals surface area contributed by atoms with E-state index in [1.165, 1.54) is 16.1 Å². The van der Waals surface area contributed by atoms with Gasteiger partial charge in [0.05, 0.1) is 35.6 Å². The molecule has 45 heavy (non-hydrogen) atoms. The van der Waals surface area contributed by atoms with E-state index in [-0.39, 0.29) is 22.6 Å². The van der Waals surface area contributed by atoms with Crippen molar-refractivity contribution in [3.05, 3.63) is 125 Å². The van der Waals surface area contributed by atoms with E-state index in [0.717, 1.165) is 11.1 Å². The number of carbonyl (C=O) groups is 1. The van der Waals surface area contributed by atoms with Gasteiger partial charge in [0.25, 0.3) is 0 Å². The molecule has 1 saturated heterocycles. The smallest absolute Gasteiger partial charge is 0.243 e. The van der Waals surface area contributed by atoms with Gasteiger partial charge in [0.2, 0.25) is 15.9 Å². The van der Waals surface area contributed by atoms with E-state index in [1.807, 2.05) is 72.8 Å². The molecule has 230 valence electrons. The Labute approximate surface area is 271 Å². The molecule has 0 saturated carbocycles. The minimum absolute atomic E-state index is 0.0698. The Bertz CT molecular complexity index is 1840. The highest BCUT2D eigenvalue weighted by Gasteiger charge is 2.27. The van der Waals surface area contributed by atoms with Gasteiger partial charge in [0.15, 0.2) is 11.0 Å². The van der Waals surface area contributed by atoms with Crippen molar-refractivity contribution < 1.29 is 17.9 Å². The van der Waals surface area contributed by atoms with E-state index in [0.29, 0.717) is 53.6 Å². The van der Waals surface area contributed by atoms with Crippen LogP contribution in [0.25, 0.3) is 17.1 Å². The molecule has 0 aliphatic carbocycles. The molecule has 1 N–H and O–H groups in total.